The Kier molecular flexibility index (Phi) is 6.00. The molecule has 3 aliphatic heterocycles. The Morgan fingerprint density at radius 2 is 1.75 bits per heavy atom. The maximum Gasteiger partial charge on any atom is 0.161 e. The molecule has 0 spiro atoms. The zero-order chi connectivity index (χ0) is 22.2. The molecule has 3 heterocycles. The maximum absolute atomic E-state index is 5.65. The third kappa shape index (κ3) is 3.84. The first-order valence-corrected chi connectivity index (χ1v) is 12.1. The molecule has 0 radical (unpaired) electrons. The minimum Gasteiger partial charge on any atom is -0.493 e. The van der Waals surface area contributed by atoms with Gasteiger partial charge in [0.15, 0.2) is 11.5 Å². The lowest BCUT2D eigenvalue weighted by Crippen LogP contribution is -2.41. The number of hydrogen-bond acceptors (Lipinski definition) is 4. The van der Waals surface area contributed by atoms with Gasteiger partial charge in [-0.05, 0) is 73.4 Å². The second-order valence-corrected chi connectivity index (χ2v) is 9.63. The quantitative estimate of drug-likeness (QED) is 0.643. The Labute approximate surface area is 192 Å². The fraction of sp³-hybridized carbons (Fsp3) is 0.500. The van der Waals surface area contributed by atoms with Crippen LogP contribution in [0.15, 0.2) is 47.5 Å². The summed E-state index contributed by atoms with van der Waals surface area (Å²) in [6.07, 6.45) is 5.56. The van der Waals surface area contributed by atoms with E-state index < -0.39 is 0 Å². The van der Waals surface area contributed by atoms with Crippen molar-refractivity contribution in [2.75, 3.05) is 27.3 Å². The van der Waals surface area contributed by atoms with Crippen molar-refractivity contribution in [1.29, 1.82) is 0 Å². The van der Waals surface area contributed by atoms with E-state index in [1.54, 1.807) is 36.5 Å². The molecule has 0 amide bonds. The molecule has 0 aromatic heterocycles. The molecule has 3 atom stereocenters. The van der Waals surface area contributed by atoms with Crippen LogP contribution in [0.5, 0.6) is 11.5 Å². The van der Waals surface area contributed by atoms with Gasteiger partial charge in [-0.15, -0.1) is 0 Å². The molecule has 4 heteroatoms. The lowest BCUT2D eigenvalue weighted by atomic mass is 9.79. The van der Waals surface area contributed by atoms with E-state index in [1.807, 2.05) is 0 Å². The predicted octanol–water partition coefficient (Wildman–Crippen LogP) is 5.38. The van der Waals surface area contributed by atoms with Gasteiger partial charge >= 0.3 is 0 Å². The van der Waals surface area contributed by atoms with Crippen LogP contribution in [0, 0.1) is 0 Å². The van der Waals surface area contributed by atoms with Gasteiger partial charge in [0.05, 0.1) is 14.2 Å². The van der Waals surface area contributed by atoms with E-state index in [-0.39, 0.29) is 0 Å². The maximum atomic E-state index is 5.65. The summed E-state index contributed by atoms with van der Waals surface area (Å²) < 4.78 is 11.2. The van der Waals surface area contributed by atoms with Gasteiger partial charge in [0.2, 0.25) is 0 Å². The van der Waals surface area contributed by atoms with Gasteiger partial charge in [0.1, 0.15) is 0 Å². The van der Waals surface area contributed by atoms with Crippen molar-refractivity contribution in [3.8, 4) is 11.5 Å². The molecule has 3 unspecified atom stereocenters. The number of nitrogens with one attached hydrogen (secondary N) is 1. The average Bonchev–Trinajstić information content (AvgIpc) is 2.82. The first-order valence-electron chi connectivity index (χ1n) is 12.1. The summed E-state index contributed by atoms with van der Waals surface area (Å²) in [5.74, 6) is 1.66. The van der Waals surface area contributed by atoms with E-state index in [2.05, 4.69) is 60.5 Å². The van der Waals surface area contributed by atoms with Crippen molar-refractivity contribution in [2.45, 2.75) is 64.1 Å². The van der Waals surface area contributed by atoms with Crippen LogP contribution >= 0.6 is 0 Å². The van der Waals surface area contributed by atoms with Crippen LogP contribution in [0.25, 0.3) is 0 Å². The summed E-state index contributed by atoms with van der Waals surface area (Å²) in [7, 11) is 3.45. The van der Waals surface area contributed by atoms with Crippen molar-refractivity contribution in [1.82, 2.24) is 10.2 Å². The van der Waals surface area contributed by atoms with Crippen molar-refractivity contribution in [2.24, 2.45) is 0 Å². The fourth-order valence-corrected chi connectivity index (χ4v) is 6.13. The highest BCUT2D eigenvalue weighted by Crippen LogP contribution is 2.44. The molecule has 0 saturated carbocycles. The molecule has 0 aliphatic carbocycles. The first kappa shape index (κ1) is 21.5. The lowest BCUT2D eigenvalue weighted by molar-refractivity contribution is 0.181. The monoisotopic (exact) mass is 432 g/mol. The van der Waals surface area contributed by atoms with Crippen molar-refractivity contribution >= 4 is 0 Å². The summed E-state index contributed by atoms with van der Waals surface area (Å²) in [5, 5.41) is 3.90. The number of benzene rings is 2. The highest BCUT2D eigenvalue weighted by molar-refractivity contribution is 5.50. The van der Waals surface area contributed by atoms with Crippen molar-refractivity contribution < 1.29 is 9.47 Å². The Bertz CT molecular complexity index is 1030. The second kappa shape index (κ2) is 8.92. The molecule has 5 rings (SSSR count). The average molecular weight is 433 g/mol. The number of fused-ring (bicyclic) bond motifs is 4. The van der Waals surface area contributed by atoms with E-state index in [0.717, 1.165) is 43.7 Å². The fourth-order valence-electron chi connectivity index (χ4n) is 6.13. The predicted molar refractivity (Wildman–Crippen MR) is 130 cm³/mol. The standard InChI is InChI=1S/C28H36N2O2/c1-5-19-17-30-11-10-20-8-6-7-9-23(20)26(30)14-21(19)13-25-24-16-28(32-4)27(31-3)15-22(24)12-18(2)29-25/h6-9,15-16,18,25-26,29H,5,10-14,17H2,1-4H3. The van der Waals surface area contributed by atoms with Crippen molar-refractivity contribution in [3.05, 3.63) is 69.8 Å². The van der Waals surface area contributed by atoms with E-state index in [4.69, 9.17) is 9.47 Å². The van der Waals surface area contributed by atoms with Gasteiger partial charge in [0.25, 0.3) is 0 Å². The number of ether oxygens (including phenoxy) is 2. The van der Waals surface area contributed by atoms with E-state index in [9.17, 15) is 0 Å². The lowest BCUT2D eigenvalue weighted by Gasteiger charge is -2.43. The van der Waals surface area contributed by atoms with Gasteiger partial charge in [-0.3, -0.25) is 4.90 Å². The zero-order valence-electron chi connectivity index (χ0n) is 19.9. The Morgan fingerprint density at radius 1 is 0.969 bits per heavy atom. The number of methoxy groups -OCH3 is 2. The highest BCUT2D eigenvalue weighted by Gasteiger charge is 2.34. The van der Waals surface area contributed by atoms with E-state index >= 15 is 0 Å². The first-order chi connectivity index (χ1) is 15.6. The molecule has 1 N–H and O–H groups in total. The third-order valence-electron chi connectivity index (χ3n) is 7.77. The van der Waals surface area contributed by atoms with Crippen LogP contribution in [0.4, 0.5) is 0 Å². The van der Waals surface area contributed by atoms with Crippen LogP contribution in [0.3, 0.4) is 0 Å². The minimum absolute atomic E-state index is 0.315. The summed E-state index contributed by atoms with van der Waals surface area (Å²) in [6, 6.07) is 14.8. The minimum atomic E-state index is 0.315. The van der Waals surface area contributed by atoms with Crippen LogP contribution < -0.4 is 14.8 Å². The van der Waals surface area contributed by atoms with Crippen LogP contribution in [-0.2, 0) is 12.8 Å². The van der Waals surface area contributed by atoms with Gasteiger partial charge in [-0.2, -0.15) is 0 Å². The molecule has 0 saturated heterocycles. The Hall–Kier alpha value is -2.30. The SMILES string of the molecule is CCC1=C(CC2NC(C)Cc3cc(OC)c(OC)cc32)CC2c3ccccc3CCN2C1. The number of rotatable bonds is 5. The largest absolute Gasteiger partial charge is 0.493 e. The van der Waals surface area contributed by atoms with Gasteiger partial charge < -0.3 is 14.8 Å². The molecular formula is C28H36N2O2. The molecule has 4 nitrogen and oxygen atoms in total. The smallest absolute Gasteiger partial charge is 0.161 e. The molecule has 2 aromatic rings. The van der Waals surface area contributed by atoms with Crippen LogP contribution in [-0.4, -0.2) is 38.3 Å². The molecule has 0 bridgehead atoms. The molecule has 3 aliphatic rings. The van der Waals surface area contributed by atoms with Gasteiger partial charge in [0, 0.05) is 31.2 Å². The Morgan fingerprint density at radius 3 is 2.53 bits per heavy atom. The zero-order valence-corrected chi connectivity index (χ0v) is 19.9. The van der Waals surface area contributed by atoms with Crippen LogP contribution in [0.2, 0.25) is 0 Å². The normalized spacial score (nSPS) is 25.1. The van der Waals surface area contributed by atoms with E-state index in [1.165, 1.54) is 24.1 Å². The van der Waals surface area contributed by atoms with Gasteiger partial charge in [-0.1, -0.05) is 42.3 Å². The summed E-state index contributed by atoms with van der Waals surface area (Å²) in [6.45, 7) is 6.91. The summed E-state index contributed by atoms with van der Waals surface area (Å²) in [4.78, 5) is 2.71. The van der Waals surface area contributed by atoms with Crippen LogP contribution in [0.1, 0.15) is 67.4 Å². The summed E-state index contributed by atoms with van der Waals surface area (Å²) >= 11 is 0. The molecule has 0 fully saturated rings. The second-order valence-electron chi connectivity index (χ2n) is 9.63. The summed E-state index contributed by atoms with van der Waals surface area (Å²) in [5.41, 5.74) is 9.14. The topological polar surface area (TPSA) is 33.7 Å². The third-order valence-corrected chi connectivity index (χ3v) is 7.77. The number of hydrogen-bond donors (Lipinski definition) is 1. The van der Waals surface area contributed by atoms with E-state index in [0.29, 0.717) is 18.1 Å². The molecule has 32 heavy (non-hydrogen) atoms. The molecule has 2 aromatic carbocycles. The molecule has 170 valence electrons. The number of nitrogens with zero attached hydrogens (tertiary/aromatic N) is 1. The van der Waals surface area contributed by atoms with Gasteiger partial charge in [-0.25, -0.2) is 0 Å². The molecular weight excluding hydrogens is 396 g/mol. The van der Waals surface area contributed by atoms with Crippen molar-refractivity contribution in [3.63, 3.8) is 0 Å². The Balaban J connectivity index is 1.47. The highest BCUT2D eigenvalue weighted by atomic mass is 16.5.